The summed E-state index contributed by atoms with van der Waals surface area (Å²) < 4.78 is 5.57. The number of esters is 1. The standard InChI is InChI=1S/C21H28N4O6S/c1-21(2,3)31-20(30)13-7-10(16(26)24(13)12-4-5-23-8-12)6-11-9-32-18-14(22)17(27)25(18)15(11)19(28)29/h6,12-14,18,23H,4-5,7-9,22H2,1-3H3,(H,28,29)/b10-6-/t12?,13-,14-,18-/m1/s1. The van der Waals surface area contributed by atoms with E-state index >= 15 is 0 Å². The summed E-state index contributed by atoms with van der Waals surface area (Å²) in [5.41, 5.74) is 5.68. The Balaban J connectivity index is 1.68. The highest BCUT2D eigenvalue weighted by Crippen LogP contribution is 2.41. The largest absolute Gasteiger partial charge is 0.477 e. The van der Waals surface area contributed by atoms with E-state index in [0.717, 1.165) is 13.0 Å². The van der Waals surface area contributed by atoms with Gasteiger partial charge in [0.2, 0.25) is 5.91 Å². The molecule has 4 atom stereocenters. The zero-order chi connectivity index (χ0) is 23.4. The fraction of sp³-hybridized carbons (Fsp3) is 0.619. The molecule has 4 heterocycles. The molecule has 4 N–H and O–H groups in total. The molecule has 0 aliphatic carbocycles. The molecule has 174 valence electrons. The Morgan fingerprint density at radius 1 is 1.31 bits per heavy atom. The second-order valence-electron chi connectivity index (χ2n) is 9.40. The number of carboxylic acid groups (broad SMARTS) is 1. The number of ether oxygens (including phenoxy) is 1. The van der Waals surface area contributed by atoms with Crippen molar-refractivity contribution in [3.8, 4) is 0 Å². The number of aliphatic carboxylic acids is 1. The van der Waals surface area contributed by atoms with Crippen molar-refractivity contribution in [1.82, 2.24) is 15.1 Å². The number of carbonyl (C=O) groups is 4. The number of carboxylic acids is 1. The van der Waals surface area contributed by atoms with Crippen LogP contribution in [-0.2, 0) is 23.9 Å². The summed E-state index contributed by atoms with van der Waals surface area (Å²) in [6, 6.07) is -1.63. The molecule has 32 heavy (non-hydrogen) atoms. The van der Waals surface area contributed by atoms with Crippen LogP contribution in [0.2, 0.25) is 0 Å². The van der Waals surface area contributed by atoms with E-state index in [1.54, 1.807) is 25.7 Å². The second kappa shape index (κ2) is 8.20. The zero-order valence-corrected chi connectivity index (χ0v) is 19.1. The predicted octanol–water partition coefficient (Wildman–Crippen LogP) is -0.202. The number of thioether (sulfide) groups is 1. The number of nitrogens with zero attached hydrogens (tertiary/aromatic N) is 2. The van der Waals surface area contributed by atoms with Gasteiger partial charge in [0.05, 0.1) is 0 Å². The van der Waals surface area contributed by atoms with Crippen molar-refractivity contribution >= 4 is 35.5 Å². The summed E-state index contributed by atoms with van der Waals surface area (Å²) in [5, 5.41) is 12.6. The average molecular weight is 465 g/mol. The average Bonchev–Trinajstić information content (AvgIpc) is 3.34. The van der Waals surface area contributed by atoms with Crippen molar-refractivity contribution < 1.29 is 29.0 Å². The Morgan fingerprint density at radius 2 is 2.03 bits per heavy atom. The third-order valence-corrected chi connectivity index (χ3v) is 7.28. The minimum Gasteiger partial charge on any atom is -0.477 e. The van der Waals surface area contributed by atoms with E-state index in [0.29, 0.717) is 23.4 Å². The number of hydrogen-bond donors (Lipinski definition) is 3. The van der Waals surface area contributed by atoms with Gasteiger partial charge < -0.3 is 25.8 Å². The van der Waals surface area contributed by atoms with Crippen LogP contribution in [-0.4, -0.2) is 86.6 Å². The first-order valence-corrected chi connectivity index (χ1v) is 11.7. The zero-order valence-electron chi connectivity index (χ0n) is 18.3. The van der Waals surface area contributed by atoms with Gasteiger partial charge in [0.25, 0.3) is 5.91 Å². The van der Waals surface area contributed by atoms with Crippen LogP contribution in [0.25, 0.3) is 0 Å². The first-order valence-electron chi connectivity index (χ1n) is 10.6. The maximum Gasteiger partial charge on any atom is 0.352 e. The number of nitrogens with two attached hydrogens (primary N) is 1. The normalized spacial score (nSPS) is 31.8. The lowest BCUT2D eigenvalue weighted by Crippen LogP contribution is -2.68. The summed E-state index contributed by atoms with van der Waals surface area (Å²) in [6.45, 7) is 6.65. The fourth-order valence-electron chi connectivity index (χ4n) is 4.55. The van der Waals surface area contributed by atoms with Crippen LogP contribution < -0.4 is 11.1 Å². The summed E-state index contributed by atoms with van der Waals surface area (Å²) in [4.78, 5) is 53.2. The minimum absolute atomic E-state index is 0.127. The topological polar surface area (TPSA) is 142 Å². The van der Waals surface area contributed by atoms with Crippen molar-refractivity contribution in [3.05, 3.63) is 22.9 Å². The van der Waals surface area contributed by atoms with Gasteiger partial charge in [0, 0.05) is 30.3 Å². The molecule has 11 heteroatoms. The molecular formula is C21H28N4O6S. The van der Waals surface area contributed by atoms with Crippen molar-refractivity contribution in [1.29, 1.82) is 0 Å². The van der Waals surface area contributed by atoms with Gasteiger partial charge in [-0.2, -0.15) is 0 Å². The molecule has 10 nitrogen and oxygen atoms in total. The van der Waals surface area contributed by atoms with E-state index in [4.69, 9.17) is 10.5 Å². The van der Waals surface area contributed by atoms with Crippen LogP contribution in [0.1, 0.15) is 33.6 Å². The predicted molar refractivity (Wildman–Crippen MR) is 116 cm³/mol. The second-order valence-corrected chi connectivity index (χ2v) is 10.5. The molecule has 1 unspecified atom stereocenters. The highest BCUT2D eigenvalue weighted by Gasteiger charge is 2.52. The van der Waals surface area contributed by atoms with Crippen LogP contribution in [0.4, 0.5) is 0 Å². The van der Waals surface area contributed by atoms with E-state index in [-0.39, 0.29) is 24.1 Å². The lowest BCUT2D eigenvalue weighted by molar-refractivity contribution is -0.163. The van der Waals surface area contributed by atoms with E-state index in [9.17, 15) is 24.3 Å². The lowest BCUT2D eigenvalue weighted by Gasteiger charge is -2.47. The minimum atomic E-state index is -1.24. The SMILES string of the molecule is CC(C)(C)OC(=O)[C@H]1C/C(=C/C2=C(C(=O)O)N3C(=O)[C@@H](N)[C@H]3SC2)C(=O)N1C1CCNC1. The molecule has 4 aliphatic heterocycles. The lowest BCUT2D eigenvalue weighted by atomic mass is 10.0. The summed E-state index contributed by atoms with van der Waals surface area (Å²) in [6.07, 6.45) is 2.38. The summed E-state index contributed by atoms with van der Waals surface area (Å²) in [7, 11) is 0. The van der Waals surface area contributed by atoms with Gasteiger partial charge in [0.1, 0.15) is 28.8 Å². The van der Waals surface area contributed by atoms with Gasteiger partial charge in [-0.25, -0.2) is 9.59 Å². The first-order chi connectivity index (χ1) is 15.0. The Hall–Kier alpha value is -2.37. The van der Waals surface area contributed by atoms with Gasteiger partial charge >= 0.3 is 11.9 Å². The van der Waals surface area contributed by atoms with Crippen molar-refractivity contribution in [3.63, 3.8) is 0 Å². The van der Waals surface area contributed by atoms with Gasteiger partial charge in [-0.05, 0) is 45.4 Å². The molecule has 3 saturated heterocycles. The Morgan fingerprint density at radius 3 is 2.62 bits per heavy atom. The molecule has 4 rings (SSSR count). The number of nitrogens with one attached hydrogen (secondary N) is 1. The Kier molecular flexibility index (Phi) is 5.84. The highest BCUT2D eigenvalue weighted by molar-refractivity contribution is 8.00. The fourth-order valence-corrected chi connectivity index (χ4v) is 5.80. The molecule has 0 radical (unpaired) electrons. The molecule has 0 saturated carbocycles. The van der Waals surface area contributed by atoms with Crippen LogP contribution >= 0.6 is 11.8 Å². The smallest absolute Gasteiger partial charge is 0.352 e. The summed E-state index contributed by atoms with van der Waals surface area (Å²) in [5.74, 6) is -2.16. The Labute approximate surface area is 190 Å². The van der Waals surface area contributed by atoms with Gasteiger partial charge in [-0.15, -0.1) is 11.8 Å². The maximum absolute atomic E-state index is 13.3. The molecular weight excluding hydrogens is 436 g/mol. The van der Waals surface area contributed by atoms with E-state index < -0.39 is 40.9 Å². The molecule has 0 spiro atoms. The number of fused-ring (bicyclic) bond motifs is 1. The van der Waals surface area contributed by atoms with Gasteiger partial charge in [-0.3, -0.25) is 14.5 Å². The number of hydrogen-bond acceptors (Lipinski definition) is 8. The highest BCUT2D eigenvalue weighted by atomic mass is 32.2. The first kappa shape index (κ1) is 22.8. The van der Waals surface area contributed by atoms with Gasteiger partial charge in [-0.1, -0.05) is 0 Å². The van der Waals surface area contributed by atoms with Crippen LogP contribution in [0, 0.1) is 0 Å². The number of β-lactam (4-membered cyclic amide) rings is 1. The number of rotatable bonds is 4. The van der Waals surface area contributed by atoms with Gasteiger partial charge in [0.15, 0.2) is 0 Å². The molecule has 0 aromatic rings. The van der Waals surface area contributed by atoms with E-state index in [1.807, 2.05) is 0 Å². The van der Waals surface area contributed by atoms with E-state index in [2.05, 4.69) is 5.32 Å². The molecule has 4 aliphatic rings. The summed E-state index contributed by atoms with van der Waals surface area (Å²) >= 11 is 1.37. The third kappa shape index (κ3) is 3.93. The van der Waals surface area contributed by atoms with Crippen molar-refractivity contribution in [2.75, 3.05) is 18.8 Å². The maximum atomic E-state index is 13.3. The number of likely N-dealkylation sites (tertiary alicyclic amines) is 1. The molecule has 2 amide bonds. The molecule has 0 aromatic carbocycles. The number of carbonyl (C=O) groups excluding carboxylic acids is 3. The monoisotopic (exact) mass is 464 g/mol. The van der Waals surface area contributed by atoms with E-state index in [1.165, 1.54) is 22.7 Å². The number of amides is 2. The molecule has 0 bridgehead atoms. The van der Waals surface area contributed by atoms with Crippen LogP contribution in [0.3, 0.4) is 0 Å². The van der Waals surface area contributed by atoms with Crippen molar-refractivity contribution in [2.24, 2.45) is 5.73 Å². The quantitative estimate of drug-likeness (QED) is 0.293. The third-order valence-electron chi connectivity index (χ3n) is 5.95. The van der Waals surface area contributed by atoms with Crippen LogP contribution in [0.15, 0.2) is 22.9 Å². The Bertz CT molecular complexity index is 933. The van der Waals surface area contributed by atoms with Crippen LogP contribution in [0.5, 0.6) is 0 Å². The molecule has 0 aromatic heterocycles. The molecule has 3 fully saturated rings. The number of allylic oxidation sites excluding steroid dienone is 1. The van der Waals surface area contributed by atoms with Crippen molar-refractivity contribution in [2.45, 2.75) is 62.7 Å².